The van der Waals surface area contributed by atoms with E-state index in [2.05, 4.69) is 18.9 Å². The Morgan fingerprint density at radius 3 is 2.91 bits per heavy atom. The summed E-state index contributed by atoms with van der Waals surface area (Å²) in [6, 6.07) is 5.72. The average Bonchev–Trinajstić information content (AvgIpc) is 2.79. The van der Waals surface area contributed by atoms with Crippen LogP contribution in [-0.2, 0) is 6.42 Å². The first-order chi connectivity index (χ1) is 10.5. The third-order valence-electron chi connectivity index (χ3n) is 6.57. The van der Waals surface area contributed by atoms with E-state index in [1.165, 1.54) is 16.7 Å². The van der Waals surface area contributed by atoms with E-state index in [9.17, 15) is 10.2 Å². The summed E-state index contributed by atoms with van der Waals surface area (Å²) in [5.41, 5.74) is 2.77. The third kappa shape index (κ3) is 1.61. The number of phenols is 1. The van der Waals surface area contributed by atoms with Gasteiger partial charge in [0.2, 0.25) is 0 Å². The number of hydrogen-bond donors (Lipinski definition) is 2. The summed E-state index contributed by atoms with van der Waals surface area (Å²) in [5, 5.41) is 20.6. The molecule has 3 aliphatic carbocycles. The Kier molecular flexibility index (Phi) is 2.78. The number of aromatic hydroxyl groups is 1. The molecule has 0 amide bonds. The number of terminal acetylenes is 1. The number of aryl methyl sites for hydroxylation is 1. The maximum atomic E-state index is 10.9. The lowest BCUT2D eigenvalue weighted by Crippen LogP contribution is -2.47. The van der Waals surface area contributed by atoms with E-state index >= 15 is 0 Å². The Hall–Kier alpha value is -1.72. The van der Waals surface area contributed by atoms with E-state index in [1.807, 2.05) is 12.1 Å². The lowest BCUT2D eigenvalue weighted by atomic mass is 9.57. The second-order valence-electron chi connectivity index (χ2n) is 7.42. The van der Waals surface area contributed by atoms with Gasteiger partial charge in [0.05, 0.1) is 0 Å². The monoisotopic (exact) mass is 294 g/mol. The Labute approximate surface area is 131 Å². The first-order valence-corrected chi connectivity index (χ1v) is 8.21. The Morgan fingerprint density at radius 2 is 2.14 bits per heavy atom. The van der Waals surface area contributed by atoms with Crippen molar-refractivity contribution in [1.29, 1.82) is 0 Å². The zero-order valence-electron chi connectivity index (χ0n) is 13.0. The fourth-order valence-corrected chi connectivity index (χ4v) is 5.21. The van der Waals surface area contributed by atoms with Crippen LogP contribution < -0.4 is 0 Å². The summed E-state index contributed by atoms with van der Waals surface area (Å²) in [4.78, 5) is 0. The molecule has 0 aliphatic heterocycles. The molecule has 0 heterocycles. The van der Waals surface area contributed by atoms with Gasteiger partial charge >= 0.3 is 0 Å². The predicted molar refractivity (Wildman–Crippen MR) is 87.1 cm³/mol. The molecule has 2 N–H and O–H groups in total. The standard InChI is InChI=1S/C20H22O2/c1-3-20(22)11-9-18-17-6-4-13-12-14(21)5-7-15(13)16(17)8-10-19(18,20)2/h1,5,7-8,12,17-18,21-22H,4,6,9-11H2,2H3/t17-,18-,19+,20-/m1/s1. The van der Waals surface area contributed by atoms with Crippen LogP contribution in [-0.4, -0.2) is 15.8 Å². The van der Waals surface area contributed by atoms with Crippen LogP contribution in [0.5, 0.6) is 5.75 Å². The molecule has 3 aliphatic rings. The summed E-state index contributed by atoms with van der Waals surface area (Å²) in [7, 11) is 0. The second kappa shape index (κ2) is 4.40. The quantitative estimate of drug-likeness (QED) is 0.719. The molecule has 0 radical (unpaired) electrons. The fraction of sp³-hybridized carbons (Fsp3) is 0.500. The zero-order valence-corrected chi connectivity index (χ0v) is 13.0. The van der Waals surface area contributed by atoms with E-state index in [4.69, 9.17) is 6.42 Å². The van der Waals surface area contributed by atoms with Crippen LogP contribution in [0, 0.1) is 29.6 Å². The molecule has 2 heteroatoms. The molecule has 1 fully saturated rings. The lowest BCUT2D eigenvalue weighted by Gasteiger charge is -2.48. The summed E-state index contributed by atoms with van der Waals surface area (Å²) in [6.45, 7) is 2.17. The topological polar surface area (TPSA) is 40.5 Å². The van der Waals surface area contributed by atoms with Gasteiger partial charge in [-0.25, -0.2) is 0 Å². The molecule has 4 atom stereocenters. The smallest absolute Gasteiger partial charge is 0.131 e. The summed E-state index contributed by atoms with van der Waals surface area (Å²) in [5.74, 6) is 3.98. The van der Waals surface area contributed by atoms with Gasteiger partial charge < -0.3 is 10.2 Å². The number of rotatable bonds is 0. The molecule has 0 unspecified atom stereocenters. The van der Waals surface area contributed by atoms with Gasteiger partial charge in [-0.15, -0.1) is 6.42 Å². The maximum absolute atomic E-state index is 10.9. The number of phenolic OH excluding ortho intramolecular Hbond substituents is 1. The molecule has 0 aromatic heterocycles. The summed E-state index contributed by atoms with van der Waals surface area (Å²) < 4.78 is 0. The normalized spacial score (nSPS) is 39.2. The van der Waals surface area contributed by atoms with Crippen LogP contribution in [0.1, 0.15) is 43.7 Å². The van der Waals surface area contributed by atoms with Crippen LogP contribution in [0.15, 0.2) is 24.3 Å². The molecule has 4 rings (SSSR count). The van der Waals surface area contributed by atoms with Crippen molar-refractivity contribution < 1.29 is 10.2 Å². The molecule has 0 bridgehead atoms. The van der Waals surface area contributed by atoms with Gasteiger partial charge in [-0.1, -0.05) is 25.0 Å². The van der Waals surface area contributed by atoms with Gasteiger partial charge in [-0.2, -0.15) is 0 Å². The highest BCUT2D eigenvalue weighted by Crippen LogP contribution is 2.62. The van der Waals surface area contributed by atoms with Crippen LogP contribution in [0.4, 0.5) is 0 Å². The lowest BCUT2D eigenvalue weighted by molar-refractivity contribution is -0.0299. The van der Waals surface area contributed by atoms with Crippen LogP contribution in [0.25, 0.3) is 5.57 Å². The highest BCUT2D eigenvalue weighted by Gasteiger charge is 2.59. The Balaban J connectivity index is 1.80. The molecule has 22 heavy (non-hydrogen) atoms. The molecular formula is C20H22O2. The molecular weight excluding hydrogens is 272 g/mol. The Morgan fingerprint density at radius 1 is 1.32 bits per heavy atom. The molecule has 1 aromatic carbocycles. The molecule has 0 spiro atoms. The minimum Gasteiger partial charge on any atom is -0.508 e. The van der Waals surface area contributed by atoms with Crippen molar-refractivity contribution in [3.8, 4) is 18.1 Å². The van der Waals surface area contributed by atoms with Gasteiger partial charge in [-0.3, -0.25) is 0 Å². The summed E-state index contributed by atoms with van der Waals surface area (Å²) in [6.07, 6.45) is 12.6. The van der Waals surface area contributed by atoms with E-state index < -0.39 is 5.60 Å². The molecule has 0 saturated heterocycles. The largest absolute Gasteiger partial charge is 0.508 e. The van der Waals surface area contributed by atoms with Crippen molar-refractivity contribution >= 4 is 5.57 Å². The van der Waals surface area contributed by atoms with E-state index in [0.717, 1.165) is 25.7 Å². The molecule has 1 saturated carbocycles. The third-order valence-corrected chi connectivity index (χ3v) is 6.57. The molecule has 1 aromatic rings. The van der Waals surface area contributed by atoms with Gasteiger partial charge in [0.1, 0.15) is 11.4 Å². The summed E-state index contributed by atoms with van der Waals surface area (Å²) >= 11 is 0. The van der Waals surface area contributed by atoms with Crippen LogP contribution in [0.2, 0.25) is 0 Å². The van der Waals surface area contributed by atoms with Crippen LogP contribution in [0.3, 0.4) is 0 Å². The fourth-order valence-electron chi connectivity index (χ4n) is 5.21. The van der Waals surface area contributed by atoms with Crippen molar-refractivity contribution in [2.24, 2.45) is 17.3 Å². The number of hydrogen-bond acceptors (Lipinski definition) is 2. The first kappa shape index (κ1) is 13.9. The SMILES string of the molecule is C#C[C@@]1(O)CC[C@@H]2[C@@H]3CCc4cc(O)ccc4C3=CC[C@@]21C. The van der Waals surface area contributed by atoms with Crippen LogP contribution >= 0.6 is 0 Å². The van der Waals surface area contributed by atoms with Gasteiger partial charge in [0.25, 0.3) is 0 Å². The average molecular weight is 294 g/mol. The van der Waals surface area contributed by atoms with Gasteiger partial charge in [0.15, 0.2) is 0 Å². The van der Waals surface area contributed by atoms with E-state index in [0.29, 0.717) is 24.0 Å². The van der Waals surface area contributed by atoms with Gasteiger partial charge in [0, 0.05) is 5.41 Å². The first-order valence-electron chi connectivity index (χ1n) is 8.21. The molecule has 2 nitrogen and oxygen atoms in total. The molecule has 114 valence electrons. The van der Waals surface area contributed by atoms with Crippen molar-refractivity contribution in [2.75, 3.05) is 0 Å². The van der Waals surface area contributed by atoms with Crippen molar-refractivity contribution in [3.63, 3.8) is 0 Å². The second-order valence-corrected chi connectivity index (χ2v) is 7.42. The highest BCUT2D eigenvalue weighted by atomic mass is 16.3. The van der Waals surface area contributed by atoms with Gasteiger partial charge in [-0.05, 0) is 72.8 Å². The minimum absolute atomic E-state index is 0.204. The van der Waals surface area contributed by atoms with E-state index in [1.54, 1.807) is 6.07 Å². The van der Waals surface area contributed by atoms with Crippen molar-refractivity contribution in [2.45, 2.75) is 44.6 Å². The predicted octanol–water partition coefficient (Wildman–Crippen LogP) is 3.52. The highest BCUT2D eigenvalue weighted by molar-refractivity contribution is 5.74. The maximum Gasteiger partial charge on any atom is 0.131 e. The minimum atomic E-state index is -0.963. The van der Waals surface area contributed by atoms with E-state index in [-0.39, 0.29) is 5.41 Å². The number of fused-ring (bicyclic) bond motifs is 5. The van der Waals surface area contributed by atoms with Crippen molar-refractivity contribution in [1.82, 2.24) is 0 Å². The number of aliphatic hydroxyl groups is 1. The Bertz CT molecular complexity index is 711. The zero-order chi connectivity index (χ0) is 15.5. The number of benzene rings is 1. The number of allylic oxidation sites excluding steroid dienone is 2. The van der Waals surface area contributed by atoms with Crippen molar-refractivity contribution in [3.05, 3.63) is 35.4 Å².